The quantitative estimate of drug-likeness (QED) is 0.659. The van der Waals surface area contributed by atoms with Crippen molar-refractivity contribution in [1.82, 2.24) is 9.55 Å². The molecule has 1 aromatic carbocycles. The second-order valence-corrected chi connectivity index (χ2v) is 11.0. The number of benzene rings is 1. The van der Waals surface area contributed by atoms with Crippen molar-refractivity contribution in [2.24, 2.45) is 34.5 Å². The molecule has 6 rings (SSSR count). The summed E-state index contributed by atoms with van der Waals surface area (Å²) in [5.74, 6) is 3.19. The monoisotopic (exact) mass is 390 g/mol. The van der Waals surface area contributed by atoms with Crippen LogP contribution in [0.3, 0.4) is 0 Å². The van der Waals surface area contributed by atoms with Gasteiger partial charge in [-0.3, -0.25) is 0 Å². The molecule has 0 radical (unpaired) electrons. The van der Waals surface area contributed by atoms with Gasteiger partial charge >= 0.3 is 0 Å². The largest absolute Gasteiger partial charge is 0.393 e. The van der Waals surface area contributed by atoms with Crippen molar-refractivity contribution in [3.8, 4) is 0 Å². The molecule has 1 aromatic heterocycles. The second kappa shape index (κ2) is 6.20. The van der Waals surface area contributed by atoms with Crippen LogP contribution in [0.4, 0.5) is 0 Å². The van der Waals surface area contributed by atoms with E-state index in [1.807, 2.05) is 0 Å². The van der Waals surface area contributed by atoms with Gasteiger partial charge in [-0.25, -0.2) is 4.98 Å². The zero-order valence-corrected chi connectivity index (χ0v) is 17.8. The first-order chi connectivity index (χ1) is 14.0. The predicted octanol–water partition coefficient (Wildman–Crippen LogP) is 5.89. The van der Waals surface area contributed by atoms with Gasteiger partial charge in [0.05, 0.1) is 17.1 Å². The molecule has 29 heavy (non-hydrogen) atoms. The molecule has 3 saturated carbocycles. The Morgan fingerprint density at radius 1 is 1.03 bits per heavy atom. The number of fused-ring (bicyclic) bond motifs is 6. The Balaban J connectivity index is 1.34. The third-order valence-corrected chi connectivity index (χ3v) is 9.89. The smallest absolute Gasteiger partial charge is 0.100 e. The highest BCUT2D eigenvalue weighted by Crippen LogP contribution is 2.67. The van der Waals surface area contributed by atoms with Crippen LogP contribution in [0.25, 0.3) is 16.7 Å². The topological polar surface area (TPSA) is 38.0 Å². The maximum absolute atomic E-state index is 10.3. The lowest BCUT2D eigenvalue weighted by Gasteiger charge is -2.60. The fourth-order valence-electron chi connectivity index (χ4n) is 8.30. The number of hydrogen-bond acceptors (Lipinski definition) is 2. The van der Waals surface area contributed by atoms with Gasteiger partial charge in [0.1, 0.15) is 6.33 Å². The van der Waals surface area contributed by atoms with Gasteiger partial charge in [-0.15, -0.1) is 0 Å². The molecule has 4 aliphatic carbocycles. The normalized spacial score (nSPS) is 44.1. The lowest BCUT2D eigenvalue weighted by atomic mass is 9.45. The summed E-state index contributed by atoms with van der Waals surface area (Å²) < 4.78 is 2.39. The van der Waals surface area contributed by atoms with E-state index in [1.54, 1.807) is 0 Å². The first-order valence-corrected chi connectivity index (χ1v) is 11.8. The van der Waals surface area contributed by atoms with Crippen LogP contribution in [0.15, 0.2) is 36.7 Å². The summed E-state index contributed by atoms with van der Waals surface area (Å²) in [4.78, 5) is 4.68. The van der Waals surface area contributed by atoms with Crippen LogP contribution < -0.4 is 0 Å². The van der Waals surface area contributed by atoms with Gasteiger partial charge in [0.2, 0.25) is 0 Å². The van der Waals surface area contributed by atoms with Crippen molar-refractivity contribution >= 4 is 16.7 Å². The zero-order valence-electron chi connectivity index (χ0n) is 17.8. The number of imidazole rings is 1. The van der Waals surface area contributed by atoms with Crippen LogP contribution in [0.1, 0.15) is 65.2 Å². The molecule has 3 nitrogen and oxygen atoms in total. The number of allylic oxidation sites excluding steroid dienone is 2. The third kappa shape index (κ3) is 2.43. The minimum absolute atomic E-state index is 0.0484. The molecule has 1 N–H and O–H groups in total. The molecule has 0 bridgehead atoms. The van der Waals surface area contributed by atoms with Gasteiger partial charge in [-0.1, -0.05) is 32.1 Å². The molecule has 1 heterocycles. The van der Waals surface area contributed by atoms with E-state index >= 15 is 0 Å². The number of aromatic nitrogens is 2. The van der Waals surface area contributed by atoms with Crippen molar-refractivity contribution in [1.29, 1.82) is 0 Å². The van der Waals surface area contributed by atoms with Gasteiger partial charge in [0.25, 0.3) is 0 Å². The lowest BCUT2D eigenvalue weighted by Crippen LogP contribution is -2.53. The first-order valence-electron chi connectivity index (χ1n) is 11.8. The molecule has 2 aromatic rings. The number of rotatable bonds is 1. The summed E-state index contributed by atoms with van der Waals surface area (Å²) in [5.41, 5.74) is 4.57. The van der Waals surface area contributed by atoms with E-state index < -0.39 is 0 Å². The maximum Gasteiger partial charge on any atom is 0.100 e. The molecule has 7 atom stereocenters. The molecular weight excluding hydrogens is 356 g/mol. The van der Waals surface area contributed by atoms with E-state index in [0.717, 1.165) is 42.0 Å². The van der Waals surface area contributed by atoms with E-state index in [0.29, 0.717) is 5.41 Å². The molecule has 3 heteroatoms. The Morgan fingerprint density at radius 2 is 1.90 bits per heavy atom. The molecule has 0 aliphatic heterocycles. The van der Waals surface area contributed by atoms with Crippen LogP contribution in [-0.4, -0.2) is 20.8 Å². The highest BCUT2D eigenvalue weighted by atomic mass is 16.3. The number of nitrogens with zero attached hydrogens (tertiary/aromatic N) is 2. The molecular formula is C26H34N2O. The molecule has 0 amide bonds. The molecule has 154 valence electrons. The third-order valence-electron chi connectivity index (χ3n) is 9.89. The maximum atomic E-state index is 10.3. The van der Waals surface area contributed by atoms with Crippen LogP contribution in [-0.2, 0) is 0 Å². The van der Waals surface area contributed by atoms with Crippen molar-refractivity contribution in [2.75, 3.05) is 0 Å². The Bertz CT molecular complexity index is 976. The summed E-state index contributed by atoms with van der Waals surface area (Å²) in [6.07, 6.45) is 14.4. The zero-order chi connectivity index (χ0) is 19.8. The summed E-state index contributed by atoms with van der Waals surface area (Å²) in [6, 6.07) is 8.55. The fourth-order valence-corrected chi connectivity index (χ4v) is 8.30. The molecule has 3 fully saturated rings. The molecule has 0 saturated heterocycles. The fraction of sp³-hybridized carbons (Fsp3) is 0.654. The summed E-state index contributed by atoms with van der Waals surface area (Å²) >= 11 is 0. The minimum atomic E-state index is -0.0484. The van der Waals surface area contributed by atoms with E-state index in [9.17, 15) is 5.11 Å². The van der Waals surface area contributed by atoms with E-state index in [2.05, 4.69) is 60.1 Å². The molecule has 0 unspecified atom stereocenters. The van der Waals surface area contributed by atoms with Crippen LogP contribution >= 0.6 is 0 Å². The van der Waals surface area contributed by atoms with Gasteiger partial charge in [-0.2, -0.15) is 0 Å². The van der Waals surface area contributed by atoms with Crippen molar-refractivity contribution < 1.29 is 5.11 Å². The highest BCUT2D eigenvalue weighted by molar-refractivity contribution is 5.80. The Morgan fingerprint density at radius 3 is 2.79 bits per heavy atom. The first kappa shape index (κ1) is 18.2. The summed E-state index contributed by atoms with van der Waals surface area (Å²) in [7, 11) is 0. The number of aliphatic hydroxyl groups is 1. The Hall–Kier alpha value is -1.61. The van der Waals surface area contributed by atoms with Crippen LogP contribution in [0, 0.1) is 34.5 Å². The van der Waals surface area contributed by atoms with Crippen molar-refractivity contribution in [3.05, 3.63) is 36.7 Å². The van der Waals surface area contributed by atoms with E-state index in [4.69, 9.17) is 0 Å². The predicted molar refractivity (Wildman–Crippen MR) is 117 cm³/mol. The number of aliphatic hydroxyl groups excluding tert-OH is 1. The molecule has 4 aliphatic rings. The Labute approximate surface area is 174 Å². The summed E-state index contributed by atoms with van der Waals surface area (Å²) in [6.45, 7) is 5.12. The SMILES string of the molecule is C[C@]12CC[C@@H](O)C[C@@H]1CC[C@@H]1[C@@H]2CC[C@]2(C)C(n3cnc4ccccc43)=CC[C@@H]12. The van der Waals surface area contributed by atoms with E-state index in [-0.39, 0.29) is 11.5 Å². The van der Waals surface area contributed by atoms with Gasteiger partial charge in [-0.05, 0) is 92.6 Å². The standard InChI is InChI=1S/C26H34N2O/c1-25-13-11-18(29)15-17(25)7-8-19-20-9-10-24(26(20,2)14-12-21(19)25)28-16-27-22-5-3-4-6-23(22)28/h3-6,10,16-21,29H,7-9,11-15H2,1-2H3/t17-,18+,19-,20-,21-,25-,26-/m0/s1. The molecule has 0 spiro atoms. The minimum Gasteiger partial charge on any atom is -0.393 e. The number of para-hydroxylation sites is 2. The average molecular weight is 391 g/mol. The average Bonchev–Trinajstić information content (AvgIpc) is 3.29. The summed E-state index contributed by atoms with van der Waals surface area (Å²) in [5, 5.41) is 10.3. The van der Waals surface area contributed by atoms with Gasteiger partial charge in [0.15, 0.2) is 0 Å². The van der Waals surface area contributed by atoms with E-state index in [1.165, 1.54) is 49.7 Å². The Kier molecular flexibility index (Phi) is 3.89. The lowest BCUT2D eigenvalue weighted by molar-refractivity contribution is -0.115. The second-order valence-electron chi connectivity index (χ2n) is 11.0. The van der Waals surface area contributed by atoms with Gasteiger partial charge < -0.3 is 9.67 Å². The van der Waals surface area contributed by atoms with Crippen molar-refractivity contribution in [3.63, 3.8) is 0 Å². The van der Waals surface area contributed by atoms with Gasteiger partial charge in [0, 0.05) is 11.1 Å². The highest BCUT2D eigenvalue weighted by Gasteiger charge is 2.58. The number of hydrogen-bond donors (Lipinski definition) is 1. The van der Waals surface area contributed by atoms with Crippen LogP contribution in [0.5, 0.6) is 0 Å². The van der Waals surface area contributed by atoms with Crippen LogP contribution in [0.2, 0.25) is 0 Å². The van der Waals surface area contributed by atoms with Crippen molar-refractivity contribution in [2.45, 2.75) is 71.3 Å².